The molecule has 0 spiro atoms. The van der Waals surface area contributed by atoms with E-state index in [1.165, 1.54) is 128 Å². The van der Waals surface area contributed by atoms with Gasteiger partial charge in [0.1, 0.15) is 0 Å². The Labute approximate surface area is 289 Å². The maximum Gasteiger partial charge on any atom is 0.208 e. The highest BCUT2D eigenvalue weighted by Gasteiger charge is 2.27. The molecule has 1 aromatic rings. The molecule has 0 saturated carbocycles. The van der Waals surface area contributed by atoms with Gasteiger partial charge in [-0.15, -0.1) is 0 Å². The summed E-state index contributed by atoms with van der Waals surface area (Å²) in [7, 11) is 0. The van der Waals surface area contributed by atoms with Crippen molar-refractivity contribution in [2.24, 2.45) is 0 Å². The average Bonchev–Trinajstić information content (AvgIpc) is 3.03. The number of unbranched alkanes of at least 4 members (excludes halogenated alkanes) is 20. The van der Waals surface area contributed by atoms with Crippen molar-refractivity contribution in [2.75, 3.05) is 26.4 Å². The highest BCUT2D eigenvalue weighted by Crippen LogP contribution is 2.54. The molecule has 1 rings (SSSR count). The number of hydrogen-bond donors (Lipinski definition) is 0. The molecule has 0 atom stereocenters. The first-order chi connectivity index (χ1) is 21.6. The fourth-order valence-electron chi connectivity index (χ4n) is 5.35. The predicted octanol–water partition coefficient (Wildman–Crippen LogP) is 14.2. The van der Waals surface area contributed by atoms with Crippen LogP contribution in [0, 0.1) is 0 Å². The van der Waals surface area contributed by atoms with E-state index >= 15 is 0 Å². The Morgan fingerprint density at radius 2 is 0.500 bits per heavy atom. The fourth-order valence-corrected chi connectivity index (χ4v) is 6.30. The van der Waals surface area contributed by atoms with Crippen LogP contribution < -0.4 is 18.9 Å². The van der Waals surface area contributed by atoms with Crippen molar-refractivity contribution in [1.29, 1.82) is 0 Å². The topological polar surface area (TPSA) is 36.9 Å². The molecule has 0 amide bonds. The summed E-state index contributed by atoms with van der Waals surface area (Å²) in [4.78, 5) is 0. The van der Waals surface area contributed by atoms with Gasteiger partial charge < -0.3 is 18.9 Å². The third-order valence-electron chi connectivity index (χ3n) is 8.19. The highest BCUT2D eigenvalue weighted by atomic mass is 79.9. The van der Waals surface area contributed by atoms with Crippen LogP contribution in [0.3, 0.4) is 0 Å². The zero-order valence-corrected chi connectivity index (χ0v) is 32.4. The molecule has 0 bridgehead atoms. The molecule has 0 aliphatic heterocycles. The summed E-state index contributed by atoms with van der Waals surface area (Å²) in [6, 6.07) is 0. The van der Waals surface area contributed by atoms with Crippen molar-refractivity contribution >= 4 is 31.9 Å². The molecular formula is C38H68Br2O4. The van der Waals surface area contributed by atoms with Crippen LogP contribution in [-0.2, 0) is 0 Å². The molecule has 44 heavy (non-hydrogen) atoms. The van der Waals surface area contributed by atoms with E-state index < -0.39 is 0 Å². The van der Waals surface area contributed by atoms with Gasteiger partial charge in [-0.25, -0.2) is 0 Å². The van der Waals surface area contributed by atoms with Crippen molar-refractivity contribution in [3.8, 4) is 23.0 Å². The number of halogens is 2. The SMILES string of the molecule is CCCCCCCCOc1c(Br)c(Br)c(OCCCCCCCC)c(OCCCCCCCC)c1OCCCCCCCC. The Morgan fingerprint density at radius 1 is 0.295 bits per heavy atom. The first-order valence-electron chi connectivity index (χ1n) is 18.7. The second-order valence-electron chi connectivity index (χ2n) is 12.4. The van der Waals surface area contributed by atoms with Gasteiger partial charge in [-0.1, -0.05) is 156 Å². The molecule has 0 aliphatic rings. The summed E-state index contributed by atoms with van der Waals surface area (Å²) >= 11 is 7.70. The first kappa shape index (κ1) is 41.4. The van der Waals surface area contributed by atoms with E-state index in [-0.39, 0.29) is 0 Å². The molecule has 0 fully saturated rings. The van der Waals surface area contributed by atoms with Gasteiger partial charge >= 0.3 is 0 Å². The van der Waals surface area contributed by atoms with Crippen LogP contribution >= 0.6 is 31.9 Å². The molecule has 1 aromatic carbocycles. The maximum atomic E-state index is 6.56. The van der Waals surface area contributed by atoms with Crippen LogP contribution in [0.2, 0.25) is 0 Å². The van der Waals surface area contributed by atoms with E-state index in [0.29, 0.717) is 37.9 Å². The Morgan fingerprint density at radius 3 is 0.750 bits per heavy atom. The van der Waals surface area contributed by atoms with Gasteiger partial charge in [-0.05, 0) is 57.5 Å². The largest absolute Gasteiger partial charge is 0.488 e. The molecule has 0 saturated heterocycles. The maximum absolute atomic E-state index is 6.56. The van der Waals surface area contributed by atoms with Gasteiger partial charge in [-0.3, -0.25) is 0 Å². The van der Waals surface area contributed by atoms with Crippen molar-refractivity contribution in [3.63, 3.8) is 0 Å². The number of rotatable bonds is 32. The molecule has 0 unspecified atom stereocenters. The standard InChI is InChI=1S/C38H68Br2O4/c1-5-9-13-17-21-25-29-41-35-33(39)34(40)36(42-30-26-22-18-14-10-6-2)38(44-32-28-24-20-16-12-8-4)37(35)43-31-27-23-19-15-11-7-3/h5-32H2,1-4H3. The quantitative estimate of drug-likeness (QED) is 0.0688. The summed E-state index contributed by atoms with van der Waals surface area (Å²) in [5.74, 6) is 2.87. The number of ether oxygens (including phenoxy) is 4. The lowest BCUT2D eigenvalue weighted by Crippen LogP contribution is -2.10. The van der Waals surface area contributed by atoms with Gasteiger partial charge in [0.15, 0.2) is 11.5 Å². The van der Waals surface area contributed by atoms with Gasteiger partial charge in [0.05, 0.1) is 35.4 Å². The molecule has 0 radical (unpaired) electrons. The van der Waals surface area contributed by atoms with E-state index in [2.05, 4.69) is 59.6 Å². The van der Waals surface area contributed by atoms with Crippen molar-refractivity contribution in [2.45, 2.75) is 182 Å². The Hall–Kier alpha value is -0.620. The van der Waals surface area contributed by atoms with Gasteiger partial charge in [0.25, 0.3) is 0 Å². The smallest absolute Gasteiger partial charge is 0.208 e. The van der Waals surface area contributed by atoms with Crippen LogP contribution in [0.25, 0.3) is 0 Å². The molecule has 6 heteroatoms. The third kappa shape index (κ3) is 19.1. The third-order valence-corrected chi connectivity index (χ3v) is 10.2. The minimum Gasteiger partial charge on any atom is -0.488 e. The van der Waals surface area contributed by atoms with E-state index in [0.717, 1.165) is 46.1 Å². The lowest BCUT2D eigenvalue weighted by molar-refractivity contribution is 0.217. The molecule has 258 valence electrons. The van der Waals surface area contributed by atoms with E-state index in [1.807, 2.05) is 0 Å². The van der Waals surface area contributed by atoms with Crippen LogP contribution in [-0.4, -0.2) is 26.4 Å². The summed E-state index contributed by atoms with van der Waals surface area (Å²) in [6.07, 6.45) is 29.5. The number of benzene rings is 1. The monoisotopic (exact) mass is 746 g/mol. The molecule has 0 aromatic heterocycles. The van der Waals surface area contributed by atoms with Crippen LogP contribution in [0.4, 0.5) is 0 Å². The second-order valence-corrected chi connectivity index (χ2v) is 14.0. The van der Waals surface area contributed by atoms with Crippen LogP contribution in [0.5, 0.6) is 23.0 Å². The molecular weight excluding hydrogens is 680 g/mol. The van der Waals surface area contributed by atoms with Crippen molar-refractivity contribution in [3.05, 3.63) is 8.95 Å². The summed E-state index contributed by atoms with van der Waals surface area (Å²) < 4.78 is 27.8. The van der Waals surface area contributed by atoms with Crippen molar-refractivity contribution in [1.82, 2.24) is 0 Å². The lowest BCUT2D eigenvalue weighted by Gasteiger charge is -2.23. The van der Waals surface area contributed by atoms with Gasteiger partial charge in [0, 0.05) is 0 Å². The predicted molar refractivity (Wildman–Crippen MR) is 197 cm³/mol. The summed E-state index contributed by atoms with van der Waals surface area (Å²) in [5, 5.41) is 0. The first-order valence-corrected chi connectivity index (χ1v) is 20.3. The zero-order valence-electron chi connectivity index (χ0n) is 29.2. The fraction of sp³-hybridized carbons (Fsp3) is 0.842. The molecule has 0 N–H and O–H groups in total. The highest BCUT2D eigenvalue weighted by molar-refractivity contribution is 9.13. The molecule has 4 nitrogen and oxygen atoms in total. The minimum atomic E-state index is 0.651. The minimum absolute atomic E-state index is 0.651. The molecule has 0 aliphatic carbocycles. The normalized spacial score (nSPS) is 11.2. The van der Waals surface area contributed by atoms with E-state index in [1.54, 1.807) is 0 Å². The summed E-state index contributed by atoms with van der Waals surface area (Å²) in [5.41, 5.74) is 0. The van der Waals surface area contributed by atoms with Gasteiger partial charge in [-0.2, -0.15) is 0 Å². The molecule has 0 heterocycles. The average molecular weight is 749 g/mol. The Kier molecular flexibility index (Phi) is 28.0. The zero-order chi connectivity index (χ0) is 32.1. The Bertz CT molecular complexity index is 737. The van der Waals surface area contributed by atoms with E-state index in [9.17, 15) is 0 Å². The van der Waals surface area contributed by atoms with Gasteiger partial charge in [0.2, 0.25) is 11.5 Å². The van der Waals surface area contributed by atoms with E-state index in [4.69, 9.17) is 18.9 Å². The number of hydrogen-bond acceptors (Lipinski definition) is 4. The second kappa shape index (κ2) is 29.8. The van der Waals surface area contributed by atoms with Crippen LogP contribution in [0.15, 0.2) is 8.95 Å². The Balaban J connectivity index is 3.10. The van der Waals surface area contributed by atoms with Crippen LogP contribution in [0.1, 0.15) is 182 Å². The lowest BCUT2D eigenvalue weighted by atomic mass is 10.1. The summed E-state index contributed by atoms with van der Waals surface area (Å²) in [6.45, 7) is 11.7. The van der Waals surface area contributed by atoms with Crippen molar-refractivity contribution < 1.29 is 18.9 Å².